The zero-order valence-corrected chi connectivity index (χ0v) is 32.7. The van der Waals surface area contributed by atoms with Crippen LogP contribution in [-0.2, 0) is 19.1 Å². The number of fused-ring (bicyclic) bond motifs is 2. The van der Waals surface area contributed by atoms with Gasteiger partial charge in [0.05, 0.1) is 49.2 Å². The van der Waals surface area contributed by atoms with Crippen molar-refractivity contribution in [3.8, 4) is 22.4 Å². The number of aromatic amines is 2. The van der Waals surface area contributed by atoms with E-state index in [1.165, 1.54) is 14.2 Å². The Morgan fingerprint density at radius 1 is 0.696 bits per heavy atom. The van der Waals surface area contributed by atoms with Gasteiger partial charge in [-0.2, -0.15) is 0 Å². The third-order valence-corrected chi connectivity index (χ3v) is 11.1. The minimum absolute atomic E-state index is 0.108. The molecule has 7 rings (SSSR count). The summed E-state index contributed by atoms with van der Waals surface area (Å²) in [6.07, 6.45) is 3.82. The Balaban J connectivity index is 1.07. The first-order valence-electron chi connectivity index (χ1n) is 19.3. The molecule has 0 aliphatic carbocycles. The normalized spacial score (nSPS) is 18.1. The summed E-state index contributed by atoms with van der Waals surface area (Å²) in [7, 11) is 2.58. The first-order valence-corrected chi connectivity index (χ1v) is 19.3. The molecule has 3 aromatic carbocycles. The first kappa shape index (κ1) is 38.4. The lowest BCUT2D eigenvalue weighted by Gasteiger charge is -2.30. The van der Waals surface area contributed by atoms with Crippen LogP contribution in [0.25, 0.3) is 44.2 Å². The summed E-state index contributed by atoms with van der Waals surface area (Å²) in [5.41, 5.74) is 5.65. The molecule has 2 aliphatic rings. The van der Waals surface area contributed by atoms with E-state index < -0.39 is 24.3 Å². The average molecular weight is 763 g/mol. The van der Waals surface area contributed by atoms with Gasteiger partial charge in [-0.1, -0.05) is 58.0 Å². The lowest BCUT2D eigenvalue weighted by atomic mass is 9.99. The Morgan fingerprint density at radius 3 is 1.79 bits per heavy atom. The number of amides is 4. The van der Waals surface area contributed by atoms with Crippen LogP contribution in [0.1, 0.15) is 77.1 Å². The van der Waals surface area contributed by atoms with E-state index in [2.05, 4.69) is 69.1 Å². The smallest absolute Gasteiger partial charge is 0.407 e. The van der Waals surface area contributed by atoms with Crippen LogP contribution in [0.2, 0.25) is 0 Å². The number of imidazole rings is 2. The van der Waals surface area contributed by atoms with E-state index in [0.29, 0.717) is 13.1 Å². The van der Waals surface area contributed by atoms with Crippen molar-refractivity contribution in [2.45, 2.75) is 77.5 Å². The van der Waals surface area contributed by atoms with Crippen LogP contribution in [0, 0.1) is 11.8 Å². The molecule has 0 spiro atoms. The van der Waals surface area contributed by atoms with Crippen LogP contribution in [0.15, 0.2) is 60.8 Å². The Hall–Kier alpha value is -5.92. The van der Waals surface area contributed by atoms with Crippen molar-refractivity contribution in [3.63, 3.8) is 0 Å². The number of rotatable bonds is 10. The van der Waals surface area contributed by atoms with Crippen molar-refractivity contribution in [3.05, 3.63) is 72.4 Å². The van der Waals surface area contributed by atoms with Crippen LogP contribution in [0.5, 0.6) is 0 Å². The van der Waals surface area contributed by atoms with Gasteiger partial charge in [-0.15, -0.1) is 0 Å². The third kappa shape index (κ3) is 7.64. The highest BCUT2D eigenvalue weighted by atomic mass is 16.5. The second-order valence-corrected chi connectivity index (χ2v) is 15.4. The predicted octanol–water partition coefficient (Wildman–Crippen LogP) is 6.86. The number of methoxy groups -OCH3 is 2. The van der Waals surface area contributed by atoms with E-state index in [4.69, 9.17) is 19.4 Å². The van der Waals surface area contributed by atoms with E-state index >= 15 is 0 Å². The third-order valence-electron chi connectivity index (χ3n) is 11.1. The van der Waals surface area contributed by atoms with Gasteiger partial charge in [0.25, 0.3) is 0 Å². The maximum absolute atomic E-state index is 13.6. The number of likely N-dealkylation sites (tertiary alicyclic amines) is 2. The number of carbonyl (C=O) groups excluding carboxylic acids is 4. The lowest BCUT2D eigenvalue weighted by Crippen LogP contribution is -2.51. The number of nitrogens with zero attached hydrogens (tertiary/aromatic N) is 4. The number of carbonyl (C=O) groups is 4. The van der Waals surface area contributed by atoms with Gasteiger partial charge in [0.15, 0.2) is 0 Å². The van der Waals surface area contributed by atoms with Crippen LogP contribution in [0.3, 0.4) is 0 Å². The molecule has 0 bridgehead atoms. The van der Waals surface area contributed by atoms with Crippen molar-refractivity contribution < 1.29 is 28.7 Å². The standard InChI is InChI=1S/C42H50N8O6/c1-23(2)35(47-41(53)55-5)39(51)49-17-7-9-33(49)37-43-22-32(46-37)29-14-13-25-19-26(11-12-27(25)20-29)28-15-16-30-31(21-28)45-38(44-30)34-10-8-18-50(34)40(52)36(24(3)4)48-42(54)56-6/h11-16,19-24,33-36H,7-10,17-18H2,1-6H3,(H,43,46)(H,44,45)(H,47,53)(H,48,54)/t33-,34-,35?,36?/m0/s1. The highest BCUT2D eigenvalue weighted by Gasteiger charge is 2.39. The Morgan fingerprint density at radius 2 is 1.21 bits per heavy atom. The molecule has 2 fully saturated rings. The van der Waals surface area contributed by atoms with Crippen LogP contribution in [-0.4, -0.2) is 93.1 Å². The van der Waals surface area contributed by atoms with Crippen molar-refractivity contribution in [2.24, 2.45) is 11.8 Å². The molecule has 4 heterocycles. The zero-order valence-electron chi connectivity index (χ0n) is 32.7. The van der Waals surface area contributed by atoms with Crippen molar-refractivity contribution in [2.75, 3.05) is 27.3 Å². The number of alkyl carbamates (subject to hydrolysis) is 2. The van der Waals surface area contributed by atoms with Crippen molar-refractivity contribution >= 4 is 45.8 Å². The molecule has 0 saturated carbocycles. The van der Waals surface area contributed by atoms with Gasteiger partial charge < -0.3 is 39.9 Å². The van der Waals surface area contributed by atoms with Gasteiger partial charge in [0.1, 0.15) is 23.7 Å². The zero-order chi connectivity index (χ0) is 39.7. The minimum Gasteiger partial charge on any atom is -0.453 e. The summed E-state index contributed by atoms with van der Waals surface area (Å²) >= 11 is 0. The summed E-state index contributed by atoms with van der Waals surface area (Å²) < 4.78 is 9.54. The summed E-state index contributed by atoms with van der Waals surface area (Å²) in [6.45, 7) is 8.80. The molecule has 294 valence electrons. The average Bonchev–Trinajstić information content (AvgIpc) is 4.03. The Labute approximate surface area is 325 Å². The van der Waals surface area contributed by atoms with E-state index in [9.17, 15) is 19.2 Å². The second-order valence-electron chi connectivity index (χ2n) is 15.4. The quantitative estimate of drug-likeness (QED) is 0.119. The summed E-state index contributed by atoms with van der Waals surface area (Å²) in [4.78, 5) is 71.4. The molecule has 14 nitrogen and oxygen atoms in total. The van der Waals surface area contributed by atoms with Gasteiger partial charge in [-0.25, -0.2) is 19.6 Å². The number of nitrogens with one attached hydrogen (secondary N) is 4. The van der Waals surface area contributed by atoms with E-state index in [1.54, 1.807) is 0 Å². The number of H-pyrrole nitrogens is 2. The molecule has 4 N–H and O–H groups in total. The predicted molar refractivity (Wildman–Crippen MR) is 212 cm³/mol. The summed E-state index contributed by atoms with van der Waals surface area (Å²) in [6, 6.07) is 17.0. The topological polar surface area (TPSA) is 175 Å². The summed E-state index contributed by atoms with van der Waals surface area (Å²) in [5, 5.41) is 7.57. The molecule has 2 unspecified atom stereocenters. The Bertz CT molecular complexity index is 2260. The van der Waals surface area contributed by atoms with Gasteiger partial charge in [-0.3, -0.25) is 9.59 Å². The molecule has 56 heavy (non-hydrogen) atoms. The number of hydrogen-bond acceptors (Lipinski definition) is 8. The second kappa shape index (κ2) is 16.0. The van der Waals surface area contributed by atoms with Crippen LogP contribution < -0.4 is 10.6 Å². The number of aromatic nitrogens is 4. The highest BCUT2D eigenvalue weighted by Crippen LogP contribution is 2.36. The molecule has 4 amide bonds. The van der Waals surface area contributed by atoms with Gasteiger partial charge in [0.2, 0.25) is 11.8 Å². The fourth-order valence-electron chi connectivity index (χ4n) is 8.00. The number of benzene rings is 3. The molecule has 2 aromatic heterocycles. The SMILES string of the molecule is COC(=O)NC(C(=O)N1CCC[C@H]1c1ncc(-c2ccc3cc(-c4ccc5nc([C@@H]6CCCN6C(=O)C(NC(=O)OC)C(C)C)[nH]c5c4)ccc3c2)[nH]1)C(C)C. The molecular weight excluding hydrogens is 713 g/mol. The van der Waals surface area contributed by atoms with Crippen molar-refractivity contribution in [1.29, 1.82) is 0 Å². The van der Waals surface area contributed by atoms with Gasteiger partial charge in [0, 0.05) is 18.7 Å². The maximum Gasteiger partial charge on any atom is 0.407 e. The minimum atomic E-state index is -0.693. The summed E-state index contributed by atoms with van der Waals surface area (Å²) in [5.74, 6) is 0.963. The Kier molecular flexibility index (Phi) is 11.0. The van der Waals surface area contributed by atoms with Crippen LogP contribution in [0.4, 0.5) is 9.59 Å². The largest absolute Gasteiger partial charge is 0.453 e. The molecule has 4 atom stereocenters. The molecule has 0 radical (unpaired) electrons. The van der Waals surface area contributed by atoms with Crippen LogP contribution >= 0.6 is 0 Å². The van der Waals surface area contributed by atoms with E-state index in [-0.39, 0.29) is 35.7 Å². The molecule has 2 saturated heterocycles. The number of hydrogen-bond donors (Lipinski definition) is 4. The van der Waals surface area contributed by atoms with Gasteiger partial charge in [-0.05, 0) is 83.7 Å². The molecule has 14 heteroatoms. The lowest BCUT2D eigenvalue weighted by molar-refractivity contribution is -0.136. The van der Waals surface area contributed by atoms with Crippen molar-refractivity contribution in [1.82, 2.24) is 40.4 Å². The maximum atomic E-state index is 13.6. The molecular formula is C42H50N8O6. The molecule has 5 aromatic rings. The van der Waals surface area contributed by atoms with Gasteiger partial charge >= 0.3 is 12.2 Å². The first-order chi connectivity index (χ1) is 26.9. The fourth-order valence-corrected chi connectivity index (χ4v) is 8.00. The van der Waals surface area contributed by atoms with E-state index in [0.717, 1.165) is 81.5 Å². The highest BCUT2D eigenvalue weighted by molar-refractivity contribution is 5.92. The number of ether oxygens (including phenoxy) is 2. The molecule has 2 aliphatic heterocycles. The monoisotopic (exact) mass is 762 g/mol. The van der Waals surface area contributed by atoms with E-state index in [1.807, 2.05) is 49.8 Å². The fraction of sp³-hybridized carbons (Fsp3) is 0.429.